The Hall–Kier alpha value is -2.22. The summed E-state index contributed by atoms with van der Waals surface area (Å²) in [5.74, 6) is -0.202. The number of nitrogens with zero attached hydrogens (tertiary/aromatic N) is 5. The van der Waals surface area contributed by atoms with E-state index < -0.39 is 6.04 Å². The monoisotopic (exact) mass is 263 g/mol. The molecule has 2 aromatic heterocycles. The molecule has 8 nitrogen and oxygen atoms in total. The van der Waals surface area contributed by atoms with Gasteiger partial charge >= 0.3 is 0 Å². The number of hydrogen-bond donors (Lipinski definition) is 2. The molecule has 0 fully saturated rings. The van der Waals surface area contributed by atoms with Crippen LogP contribution < -0.4 is 11.1 Å². The number of nitrogens with one attached hydrogen (secondary N) is 1. The third-order valence-electron chi connectivity index (χ3n) is 2.70. The summed E-state index contributed by atoms with van der Waals surface area (Å²) in [6, 6.07) is -0.680. The molecule has 0 aliphatic carbocycles. The summed E-state index contributed by atoms with van der Waals surface area (Å²) in [6.45, 7) is 1.26. The summed E-state index contributed by atoms with van der Waals surface area (Å²) < 4.78 is 3.33. The molecule has 0 aliphatic rings. The van der Waals surface area contributed by atoms with E-state index in [1.807, 2.05) is 0 Å². The maximum atomic E-state index is 11.8. The van der Waals surface area contributed by atoms with E-state index in [1.54, 1.807) is 41.2 Å². The first kappa shape index (κ1) is 13.2. The fraction of sp³-hybridized carbons (Fsp3) is 0.455. The standard InChI is InChI=1S/C11H17N7O/c1-17-8-9(7-15-17)10(12)11(19)13-3-2-5-18-6-4-14-16-18/h4,6-8,10H,2-3,5,12H2,1H3,(H,13,19). The van der Waals surface area contributed by atoms with Gasteiger partial charge in [0.25, 0.3) is 0 Å². The van der Waals surface area contributed by atoms with Gasteiger partial charge in [-0.15, -0.1) is 5.10 Å². The van der Waals surface area contributed by atoms with Gasteiger partial charge in [0.2, 0.25) is 5.91 Å². The van der Waals surface area contributed by atoms with Crippen molar-refractivity contribution in [1.29, 1.82) is 0 Å². The zero-order chi connectivity index (χ0) is 13.7. The van der Waals surface area contributed by atoms with Crippen molar-refractivity contribution < 1.29 is 4.79 Å². The van der Waals surface area contributed by atoms with E-state index in [0.29, 0.717) is 18.7 Å². The van der Waals surface area contributed by atoms with E-state index in [1.165, 1.54) is 0 Å². The van der Waals surface area contributed by atoms with Crippen molar-refractivity contribution in [2.24, 2.45) is 12.8 Å². The summed E-state index contributed by atoms with van der Waals surface area (Å²) in [4.78, 5) is 11.8. The Kier molecular flexibility index (Phi) is 4.24. The van der Waals surface area contributed by atoms with Gasteiger partial charge in [0.15, 0.2) is 0 Å². The van der Waals surface area contributed by atoms with Crippen LogP contribution in [0.15, 0.2) is 24.8 Å². The summed E-state index contributed by atoms with van der Waals surface area (Å²) in [7, 11) is 1.78. The van der Waals surface area contributed by atoms with E-state index >= 15 is 0 Å². The van der Waals surface area contributed by atoms with Gasteiger partial charge in [-0.2, -0.15) is 5.10 Å². The Morgan fingerprint density at radius 1 is 1.58 bits per heavy atom. The molecule has 19 heavy (non-hydrogen) atoms. The lowest BCUT2D eigenvalue weighted by molar-refractivity contribution is -0.122. The molecule has 8 heteroatoms. The van der Waals surface area contributed by atoms with E-state index in [9.17, 15) is 4.79 Å². The predicted octanol–water partition coefficient (Wildman–Crippen LogP) is -0.782. The number of aromatic nitrogens is 5. The third-order valence-corrected chi connectivity index (χ3v) is 2.70. The molecule has 102 valence electrons. The number of amides is 1. The van der Waals surface area contributed by atoms with Gasteiger partial charge in [0.05, 0.1) is 12.4 Å². The van der Waals surface area contributed by atoms with Crippen LogP contribution >= 0.6 is 0 Å². The van der Waals surface area contributed by atoms with Crippen LogP contribution in [0.2, 0.25) is 0 Å². The second kappa shape index (κ2) is 6.10. The van der Waals surface area contributed by atoms with E-state index in [0.717, 1.165) is 6.42 Å². The minimum absolute atomic E-state index is 0.202. The van der Waals surface area contributed by atoms with Gasteiger partial charge in [-0.1, -0.05) is 5.21 Å². The molecule has 0 radical (unpaired) electrons. The molecule has 0 bridgehead atoms. The minimum Gasteiger partial charge on any atom is -0.354 e. The van der Waals surface area contributed by atoms with Crippen LogP contribution in [0.3, 0.4) is 0 Å². The summed E-state index contributed by atoms with van der Waals surface area (Å²) >= 11 is 0. The van der Waals surface area contributed by atoms with Crippen molar-refractivity contribution >= 4 is 5.91 Å². The van der Waals surface area contributed by atoms with Crippen molar-refractivity contribution in [3.63, 3.8) is 0 Å². The quantitative estimate of drug-likeness (QED) is 0.665. The average Bonchev–Trinajstić information content (AvgIpc) is 3.04. The van der Waals surface area contributed by atoms with Crippen molar-refractivity contribution in [3.8, 4) is 0 Å². The van der Waals surface area contributed by atoms with Crippen LogP contribution in [-0.2, 0) is 18.4 Å². The normalized spacial score (nSPS) is 12.3. The molecule has 1 amide bonds. The molecule has 2 aromatic rings. The second-order valence-electron chi connectivity index (χ2n) is 4.24. The average molecular weight is 263 g/mol. The smallest absolute Gasteiger partial charge is 0.241 e. The van der Waals surface area contributed by atoms with Crippen LogP contribution in [0.4, 0.5) is 0 Å². The maximum Gasteiger partial charge on any atom is 0.241 e. The Balaban J connectivity index is 1.72. The van der Waals surface area contributed by atoms with Crippen LogP contribution in [0.1, 0.15) is 18.0 Å². The van der Waals surface area contributed by atoms with Gasteiger partial charge < -0.3 is 11.1 Å². The molecular weight excluding hydrogens is 246 g/mol. The lowest BCUT2D eigenvalue weighted by atomic mass is 10.1. The van der Waals surface area contributed by atoms with Crippen molar-refractivity contribution in [2.45, 2.75) is 19.0 Å². The topological polar surface area (TPSA) is 104 Å². The van der Waals surface area contributed by atoms with Crippen LogP contribution in [-0.4, -0.2) is 37.2 Å². The highest BCUT2D eigenvalue weighted by Crippen LogP contribution is 2.07. The first-order valence-electron chi connectivity index (χ1n) is 6.03. The molecule has 0 saturated carbocycles. The van der Waals surface area contributed by atoms with Gasteiger partial charge in [0, 0.05) is 38.1 Å². The van der Waals surface area contributed by atoms with Crippen molar-refractivity contribution in [3.05, 3.63) is 30.4 Å². The molecule has 1 unspecified atom stereocenters. The highest BCUT2D eigenvalue weighted by atomic mass is 16.2. The first-order valence-corrected chi connectivity index (χ1v) is 6.03. The summed E-state index contributed by atoms with van der Waals surface area (Å²) in [5.41, 5.74) is 6.54. The lowest BCUT2D eigenvalue weighted by Gasteiger charge is -2.10. The number of carbonyl (C=O) groups is 1. The van der Waals surface area contributed by atoms with Gasteiger partial charge in [-0.3, -0.25) is 14.2 Å². The SMILES string of the molecule is Cn1cc(C(N)C(=O)NCCCn2ccnn2)cn1. The predicted molar refractivity (Wildman–Crippen MR) is 67.8 cm³/mol. The molecule has 0 saturated heterocycles. The molecule has 0 spiro atoms. The molecule has 2 heterocycles. The van der Waals surface area contributed by atoms with Crippen molar-refractivity contribution in [2.75, 3.05) is 6.54 Å². The molecule has 2 rings (SSSR count). The van der Waals surface area contributed by atoms with E-state index in [4.69, 9.17) is 5.73 Å². The van der Waals surface area contributed by atoms with Gasteiger partial charge in [-0.25, -0.2) is 0 Å². The Bertz CT molecular complexity index is 519. The zero-order valence-electron chi connectivity index (χ0n) is 10.7. The van der Waals surface area contributed by atoms with E-state index in [2.05, 4.69) is 20.7 Å². The summed E-state index contributed by atoms with van der Waals surface area (Å²) in [6.07, 6.45) is 7.51. The van der Waals surface area contributed by atoms with Gasteiger partial charge in [-0.05, 0) is 6.42 Å². The molecular formula is C11H17N7O. The minimum atomic E-state index is -0.680. The van der Waals surface area contributed by atoms with Crippen molar-refractivity contribution in [1.82, 2.24) is 30.1 Å². The fourth-order valence-electron chi connectivity index (χ4n) is 1.67. The van der Waals surface area contributed by atoms with Crippen LogP contribution in [0.25, 0.3) is 0 Å². The number of aryl methyl sites for hydroxylation is 2. The highest BCUT2D eigenvalue weighted by molar-refractivity contribution is 5.82. The molecule has 0 aliphatic heterocycles. The van der Waals surface area contributed by atoms with Crippen LogP contribution in [0, 0.1) is 0 Å². The molecule has 1 atom stereocenters. The van der Waals surface area contributed by atoms with E-state index in [-0.39, 0.29) is 5.91 Å². The Morgan fingerprint density at radius 2 is 2.42 bits per heavy atom. The number of hydrogen-bond acceptors (Lipinski definition) is 5. The number of rotatable bonds is 6. The van der Waals surface area contributed by atoms with Gasteiger partial charge in [0.1, 0.15) is 6.04 Å². The number of nitrogens with two attached hydrogens (primary N) is 1. The second-order valence-corrected chi connectivity index (χ2v) is 4.24. The Labute approximate surface area is 110 Å². The third kappa shape index (κ3) is 3.62. The summed E-state index contributed by atoms with van der Waals surface area (Å²) in [5, 5.41) is 14.3. The highest BCUT2D eigenvalue weighted by Gasteiger charge is 2.16. The fourth-order valence-corrected chi connectivity index (χ4v) is 1.67. The lowest BCUT2D eigenvalue weighted by Crippen LogP contribution is -2.34. The largest absolute Gasteiger partial charge is 0.354 e. The van der Waals surface area contributed by atoms with Crippen LogP contribution in [0.5, 0.6) is 0 Å². The zero-order valence-corrected chi connectivity index (χ0v) is 10.7. The maximum absolute atomic E-state index is 11.8. The first-order chi connectivity index (χ1) is 9.16. The molecule has 3 N–H and O–H groups in total. The number of carbonyl (C=O) groups excluding carboxylic acids is 1. The molecule has 0 aromatic carbocycles. The Morgan fingerprint density at radius 3 is 3.05 bits per heavy atom.